The highest BCUT2D eigenvalue weighted by molar-refractivity contribution is 6.20. The van der Waals surface area contributed by atoms with Crippen molar-refractivity contribution >= 4 is 11.6 Å². The zero-order valence-corrected chi connectivity index (χ0v) is 12.0. The number of benzene rings is 2. The van der Waals surface area contributed by atoms with E-state index >= 15 is 0 Å². The van der Waals surface area contributed by atoms with Gasteiger partial charge in [-0.1, -0.05) is 35.9 Å². The van der Waals surface area contributed by atoms with Gasteiger partial charge in [0, 0.05) is 0 Å². The predicted octanol–water partition coefficient (Wildman–Crippen LogP) is 5.68. The Morgan fingerprint density at radius 3 is 2.24 bits per heavy atom. The van der Waals surface area contributed by atoms with Crippen LogP contribution in [0.15, 0.2) is 42.5 Å². The fourth-order valence-corrected chi connectivity index (χ4v) is 2.32. The van der Waals surface area contributed by atoms with E-state index in [4.69, 9.17) is 11.6 Å². The van der Waals surface area contributed by atoms with Crippen LogP contribution in [0.1, 0.15) is 27.6 Å². The zero-order chi connectivity index (χ0) is 15.6. The number of alkyl halides is 4. The van der Waals surface area contributed by atoms with E-state index in [2.05, 4.69) is 0 Å². The van der Waals surface area contributed by atoms with Gasteiger partial charge in [-0.05, 0) is 36.6 Å². The summed E-state index contributed by atoms with van der Waals surface area (Å²) in [6.07, 6.45) is -4.34. The molecule has 0 fully saturated rings. The molecule has 0 aromatic heterocycles. The second-order valence-corrected chi connectivity index (χ2v) is 5.42. The van der Waals surface area contributed by atoms with Gasteiger partial charge in [0.25, 0.3) is 0 Å². The molecule has 0 aliphatic heterocycles. The van der Waals surface area contributed by atoms with E-state index < -0.39 is 22.9 Å². The van der Waals surface area contributed by atoms with E-state index in [0.29, 0.717) is 6.42 Å². The van der Waals surface area contributed by atoms with Crippen molar-refractivity contribution in [2.75, 3.05) is 0 Å². The molecule has 2 aromatic rings. The van der Waals surface area contributed by atoms with E-state index in [0.717, 1.165) is 23.3 Å². The molecule has 2 rings (SSSR count). The van der Waals surface area contributed by atoms with Gasteiger partial charge < -0.3 is 0 Å². The molecule has 112 valence electrons. The van der Waals surface area contributed by atoms with Gasteiger partial charge in [0.1, 0.15) is 5.82 Å². The first-order chi connectivity index (χ1) is 9.77. The molecule has 0 saturated heterocycles. The van der Waals surface area contributed by atoms with Gasteiger partial charge in [-0.25, -0.2) is 4.39 Å². The van der Waals surface area contributed by atoms with Gasteiger partial charge in [0.2, 0.25) is 0 Å². The average molecular weight is 317 g/mol. The number of halogens is 5. The molecule has 0 bridgehead atoms. The van der Waals surface area contributed by atoms with Gasteiger partial charge >= 0.3 is 6.18 Å². The molecule has 21 heavy (non-hydrogen) atoms. The van der Waals surface area contributed by atoms with Crippen LogP contribution in [-0.2, 0) is 12.6 Å². The highest BCUT2D eigenvalue weighted by Gasteiger charge is 2.34. The third-order valence-electron chi connectivity index (χ3n) is 3.19. The summed E-state index contributed by atoms with van der Waals surface area (Å²) in [6.45, 7) is 1.94. The second kappa shape index (κ2) is 6.06. The molecule has 0 nitrogen and oxygen atoms in total. The third kappa shape index (κ3) is 3.97. The topological polar surface area (TPSA) is 0 Å². The number of rotatable bonds is 3. The Balaban J connectivity index is 2.23. The first-order valence-corrected chi connectivity index (χ1v) is 6.77. The number of hydrogen-bond donors (Lipinski definition) is 0. The van der Waals surface area contributed by atoms with E-state index in [9.17, 15) is 17.6 Å². The van der Waals surface area contributed by atoms with Crippen LogP contribution in [0.25, 0.3) is 0 Å². The molecule has 0 saturated carbocycles. The lowest BCUT2D eigenvalue weighted by atomic mass is 10.0. The Morgan fingerprint density at radius 1 is 1.05 bits per heavy atom. The standard InChI is InChI=1S/C16H13ClF4/c1-10-2-4-11(5-3-10)8-14(17)12-6-7-15(18)13(9-12)16(19,20)21/h2-7,9,14H,8H2,1H3. The minimum atomic E-state index is -4.72. The molecule has 0 aliphatic rings. The van der Waals surface area contributed by atoms with Gasteiger partial charge in [0.05, 0.1) is 10.9 Å². The van der Waals surface area contributed by atoms with Gasteiger partial charge in [-0.15, -0.1) is 11.6 Å². The molecular weight excluding hydrogens is 304 g/mol. The fraction of sp³-hybridized carbons (Fsp3) is 0.250. The summed E-state index contributed by atoms with van der Waals surface area (Å²) in [5, 5.41) is -0.644. The minimum Gasteiger partial charge on any atom is -0.206 e. The molecule has 0 radical (unpaired) electrons. The summed E-state index contributed by atoms with van der Waals surface area (Å²) < 4.78 is 51.3. The highest BCUT2D eigenvalue weighted by Crippen LogP contribution is 2.35. The molecule has 5 heteroatoms. The Morgan fingerprint density at radius 2 is 1.67 bits per heavy atom. The van der Waals surface area contributed by atoms with Crippen LogP contribution in [0, 0.1) is 12.7 Å². The van der Waals surface area contributed by atoms with Crippen molar-refractivity contribution in [2.24, 2.45) is 0 Å². The molecular formula is C16H13ClF4. The van der Waals surface area contributed by atoms with Crippen LogP contribution in [0.3, 0.4) is 0 Å². The molecule has 0 N–H and O–H groups in total. The number of aryl methyl sites for hydroxylation is 1. The Hall–Kier alpha value is -1.55. The third-order valence-corrected chi connectivity index (χ3v) is 3.60. The highest BCUT2D eigenvalue weighted by atomic mass is 35.5. The van der Waals surface area contributed by atoms with E-state index in [1.807, 2.05) is 31.2 Å². The lowest BCUT2D eigenvalue weighted by molar-refractivity contribution is -0.140. The molecule has 0 spiro atoms. The van der Waals surface area contributed by atoms with Crippen LogP contribution in [0.4, 0.5) is 17.6 Å². The molecule has 1 atom stereocenters. The largest absolute Gasteiger partial charge is 0.419 e. The maximum absolute atomic E-state index is 13.2. The second-order valence-electron chi connectivity index (χ2n) is 4.89. The Bertz CT molecular complexity index is 617. The maximum atomic E-state index is 13.2. The van der Waals surface area contributed by atoms with Crippen molar-refractivity contribution in [3.63, 3.8) is 0 Å². The molecule has 2 aromatic carbocycles. The first kappa shape index (κ1) is 15.8. The Labute approximate surface area is 125 Å². The summed E-state index contributed by atoms with van der Waals surface area (Å²) in [7, 11) is 0. The monoisotopic (exact) mass is 316 g/mol. The van der Waals surface area contributed by atoms with Crippen LogP contribution < -0.4 is 0 Å². The smallest absolute Gasteiger partial charge is 0.206 e. The van der Waals surface area contributed by atoms with Gasteiger partial charge in [-0.2, -0.15) is 13.2 Å². The fourth-order valence-electron chi connectivity index (χ4n) is 2.00. The first-order valence-electron chi connectivity index (χ1n) is 6.33. The van der Waals surface area contributed by atoms with Crippen molar-refractivity contribution in [3.8, 4) is 0 Å². The zero-order valence-electron chi connectivity index (χ0n) is 11.2. The lowest BCUT2D eigenvalue weighted by Crippen LogP contribution is -2.09. The van der Waals surface area contributed by atoms with E-state index in [1.165, 1.54) is 6.07 Å². The van der Waals surface area contributed by atoms with Crippen molar-refractivity contribution in [3.05, 3.63) is 70.5 Å². The minimum absolute atomic E-state index is 0.256. The molecule has 0 amide bonds. The van der Waals surface area contributed by atoms with Crippen molar-refractivity contribution in [1.82, 2.24) is 0 Å². The van der Waals surface area contributed by atoms with Gasteiger partial charge in [-0.3, -0.25) is 0 Å². The Kier molecular flexibility index (Phi) is 4.57. The van der Waals surface area contributed by atoms with Crippen molar-refractivity contribution in [1.29, 1.82) is 0 Å². The van der Waals surface area contributed by atoms with E-state index in [-0.39, 0.29) is 5.56 Å². The summed E-state index contributed by atoms with van der Waals surface area (Å²) in [5.74, 6) is -1.29. The molecule has 0 aliphatic carbocycles. The van der Waals surface area contributed by atoms with Crippen LogP contribution in [0.5, 0.6) is 0 Å². The van der Waals surface area contributed by atoms with Gasteiger partial charge in [0.15, 0.2) is 0 Å². The van der Waals surface area contributed by atoms with Crippen molar-refractivity contribution in [2.45, 2.75) is 24.9 Å². The predicted molar refractivity (Wildman–Crippen MR) is 74.9 cm³/mol. The normalized spacial score (nSPS) is 13.2. The van der Waals surface area contributed by atoms with Crippen molar-refractivity contribution < 1.29 is 17.6 Å². The lowest BCUT2D eigenvalue weighted by Gasteiger charge is -2.14. The summed E-state index contributed by atoms with van der Waals surface area (Å²) in [4.78, 5) is 0. The average Bonchev–Trinajstić information content (AvgIpc) is 2.40. The maximum Gasteiger partial charge on any atom is 0.419 e. The van der Waals surface area contributed by atoms with Crippen LogP contribution >= 0.6 is 11.6 Å². The molecule has 0 heterocycles. The SMILES string of the molecule is Cc1ccc(CC(Cl)c2ccc(F)c(C(F)(F)F)c2)cc1. The van der Waals surface area contributed by atoms with Crippen LogP contribution in [-0.4, -0.2) is 0 Å². The number of hydrogen-bond acceptors (Lipinski definition) is 0. The van der Waals surface area contributed by atoms with Crippen LogP contribution in [0.2, 0.25) is 0 Å². The quantitative estimate of drug-likeness (QED) is 0.505. The summed E-state index contributed by atoms with van der Waals surface area (Å²) in [6, 6.07) is 10.4. The summed E-state index contributed by atoms with van der Waals surface area (Å²) >= 11 is 6.17. The molecule has 1 unspecified atom stereocenters. The summed E-state index contributed by atoms with van der Waals surface area (Å²) in [5.41, 5.74) is 0.977. The van der Waals surface area contributed by atoms with E-state index in [1.54, 1.807) is 0 Å².